The Kier molecular flexibility index (Phi) is 10.3. The van der Waals surface area contributed by atoms with E-state index in [4.69, 9.17) is 4.74 Å². The van der Waals surface area contributed by atoms with Gasteiger partial charge in [-0.1, -0.05) is 0 Å². The summed E-state index contributed by atoms with van der Waals surface area (Å²) in [6, 6.07) is 1.84. The smallest absolute Gasteiger partial charge is 0.407 e. The highest BCUT2D eigenvalue weighted by Gasteiger charge is 2.18. The van der Waals surface area contributed by atoms with E-state index in [0.29, 0.717) is 6.54 Å². The maximum absolute atomic E-state index is 11.6. The summed E-state index contributed by atoms with van der Waals surface area (Å²) in [5.41, 5.74) is -0.474. The molecule has 1 aromatic heterocycles. The minimum atomic E-state index is -0.474. The van der Waals surface area contributed by atoms with Crippen LogP contribution in [0.5, 0.6) is 0 Å². The van der Waals surface area contributed by atoms with Gasteiger partial charge in [0, 0.05) is 65.3 Å². The van der Waals surface area contributed by atoms with Gasteiger partial charge in [0.05, 0.1) is 0 Å². The zero-order chi connectivity index (χ0) is 22.5. The summed E-state index contributed by atoms with van der Waals surface area (Å²) < 4.78 is 5.21. The predicted octanol–water partition coefficient (Wildman–Crippen LogP) is 1.07. The van der Waals surface area contributed by atoms with Crippen molar-refractivity contribution < 1.29 is 9.53 Å². The van der Waals surface area contributed by atoms with Crippen LogP contribution in [-0.2, 0) is 4.74 Å². The number of nitrogens with one attached hydrogen (secondary N) is 3. The largest absolute Gasteiger partial charge is 0.444 e. The van der Waals surface area contributed by atoms with Crippen LogP contribution >= 0.6 is 0 Å². The van der Waals surface area contributed by atoms with Gasteiger partial charge in [-0.25, -0.2) is 14.8 Å². The number of carbonyl (C=O) groups excluding carboxylic acids is 1. The van der Waals surface area contributed by atoms with Gasteiger partial charge in [-0.05, 0) is 46.2 Å². The molecule has 1 aromatic rings. The van der Waals surface area contributed by atoms with Crippen LogP contribution in [-0.4, -0.2) is 91.9 Å². The van der Waals surface area contributed by atoms with E-state index in [9.17, 15) is 4.79 Å². The van der Waals surface area contributed by atoms with Gasteiger partial charge in [0.2, 0.25) is 5.95 Å². The Morgan fingerprint density at radius 2 is 1.65 bits per heavy atom. The molecule has 0 unspecified atom stereocenters. The Bertz CT molecular complexity index is 670. The molecule has 31 heavy (non-hydrogen) atoms. The number of guanidine groups is 1. The minimum absolute atomic E-state index is 0.382. The van der Waals surface area contributed by atoms with Gasteiger partial charge < -0.3 is 25.6 Å². The van der Waals surface area contributed by atoms with Crippen molar-refractivity contribution >= 4 is 18.0 Å². The summed E-state index contributed by atoms with van der Waals surface area (Å²) in [7, 11) is 1.76. The molecule has 1 aliphatic heterocycles. The van der Waals surface area contributed by atoms with E-state index in [1.165, 1.54) is 0 Å². The summed E-state index contributed by atoms with van der Waals surface area (Å²) in [4.78, 5) is 29.2. The highest BCUT2D eigenvalue weighted by molar-refractivity contribution is 5.79. The number of aromatic nitrogens is 2. The molecule has 10 heteroatoms. The number of carbonyl (C=O) groups is 1. The third-order valence-electron chi connectivity index (χ3n) is 4.69. The number of alkyl carbamates (subject to hydrolysis) is 1. The molecule has 1 aliphatic rings. The minimum Gasteiger partial charge on any atom is -0.444 e. The number of nitrogens with zero attached hydrogens (tertiary/aromatic N) is 5. The number of piperazine rings is 1. The third kappa shape index (κ3) is 10.3. The monoisotopic (exact) mass is 434 g/mol. The third-order valence-corrected chi connectivity index (χ3v) is 4.69. The highest BCUT2D eigenvalue weighted by Crippen LogP contribution is 2.09. The molecule has 10 nitrogen and oxygen atoms in total. The summed E-state index contributed by atoms with van der Waals surface area (Å²) in [6.45, 7) is 12.7. The number of amides is 1. The zero-order valence-corrected chi connectivity index (χ0v) is 19.4. The lowest BCUT2D eigenvalue weighted by Gasteiger charge is -2.34. The number of rotatable bonds is 9. The van der Waals surface area contributed by atoms with E-state index in [1.54, 1.807) is 19.4 Å². The van der Waals surface area contributed by atoms with Crippen molar-refractivity contribution in [2.75, 3.05) is 64.3 Å². The molecule has 0 aromatic carbocycles. The van der Waals surface area contributed by atoms with E-state index in [-0.39, 0.29) is 6.09 Å². The number of aliphatic imine (C=N–C) groups is 1. The van der Waals surface area contributed by atoms with E-state index in [0.717, 1.165) is 70.6 Å². The van der Waals surface area contributed by atoms with E-state index >= 15 is 0 Å². The normalized spacial score (nSPS) is 15.5. The predicted molar refractivity (Wildman–Crippen MR) is 124 cm³/mol. The summed E-state index contributed by atoms with van der Waals surface area (Å²) in [5.74, 6) is 1.60. The van der Waals surface area contributed by atoms with Gasteiger partial charge in [0.15, 0.2) is 5.96 Å². The lowest BCUT2D eigenvalue weighted by atomic mass is 10.2. The van der Waals surface area contributed by atoms with E-state index in [2.05, 4.69) is 40.7 Å². The fourth-order valence-corrected chi connectivity index (χ4v) is 3.16. The van der Waals surface area contributed by atoms with Crippen LogP contribution in [0.2, 0.25) is 0 Å². The molecule has 0 spiro atoms. The summed E-state index contributed by atoms with van der Waals surface area (Å²) >= 11 is 0. The Morgan fingerprint density at radius 3 is 2.26 bits per heavy atom. The molecule has 174 valence electrons. The maximum Gasteiger partial charge on any atom is 0.407 e. The van der Waals surface area contributed by atoms with Gasteiger partial charge in [-0.2, -0.15) is 0 Å². The Balaban J connectivity index is 1.50. The zero-order valence-electron chi connectivity index (χ0n) is 19.4. The van der Waals surface area contributed by atoms with Crippen molar-refractivity contribution in [3.8, 4) is 0 Å². The van der Waals surface area contributed by atoms with Crippen molar-refractivity contribution in [2.24, 2.45) is 4.99 Å². The second kappa shape index (κ2) is 12.9. The average Bonchev–Trinajstić information content (AvgIpc) is 2.74. The molecule has 0 aliphatic carbocycles. The molecule has 2 rings (SSSR count). The van der Waals surface area contributed by atoms with Crippen LogP contribution in [0.3, 0.4) is 0 Å². The maximum atomic E-state index is 11.6. The average molecular weight is 435 g/mol. The molecule has 1 fully saturated rings. The van der Waals surface area contributed by atoms with Crippen molar-refractivity contribution in [3.63, 3.8) is 0 Å². The van der Waals surface area contributed by atoms with Gasteiger partial charge in [0.1, 0.15) is 5.60 Å². The van der Waals surface area contributed by atoms with Gasteiger partial charge in [-0.15, -0.1) is 0 Å². The lowest BCUT2D eigenvalue weighted by Crippen LogP contribution is -2.47. The van der Waals surface area contributed by atoms with Crippen molar-refractivity contribution in [3.05, 3.63) is 18.5 Å². The Hall–Kier alpha value is -2.62. The first-order chi connectivity index (χ1) is 14.9. The fourth-order valence-electron chi connectivity index (χ4n) is 3.16. The van der Waals surface area contributed by atoms with Crippen molar-refractivity contribution in [1.82, 2.24) is 30.8 Å². The molecule has 3 N–H and O–H groups in total. The molecule has 1 saturated heterocycles. The number of hydrogen-bond donors (Lipinski definition) is 3. The first-order valence-corrected chi connectivity index (χ1v) is 11.0. The molecule has 1 amide bonds. The van der Waals surface area contributed by atoms with Crippen LogP contribution in [0.4, 0.5) is 10.7 Å². The molecular weight excluding hydrogens is 396 g/mol. The van der Waals surface area contributed by atoms with Crippen LogP contribution in [0, 0.1) is 0 Å². The second-order valence-electron chi connectivity index (χ2n) is 8.44. The first-order valence-electron chi connectivity index (χ1n) is 11.0. The SMILES string of the molecule is CN=C(NCCCNC(=O)OC(C)(C)C)NCCCN1CCN(c2ncccn2)CC1. The Labute approximate surface area is 185 Å². The second-order valence-corrected chi connectivity index (χ2v) is 8.44. The fraction of sp³-hybridized carbons (Fsp3) is 0.714. The van der Waals surface area contributed by atoms with Crippen LogP contribution < -0.4 is 20.9 Å². The molecule has 0 radical (unpaired) electrons. The van der Waals surface area contributed by atoms with E-state index in [1.807, 2.05) is 26.8 Å². The highest BCUT2D eigenvalue weighted by atomic mass is 16.6. The summed E-state index contributed by atoms with van der Waals surface area (Å²) in [5, 5.41) is 9.37. The van der Waals surface area contributed by atoms with Crippen LogP contribution in [0.1, 0.15) is 33.6 Å². The quantitative estimate of drug-likeness (QED) is 0.301. The molecule has 0 saturated carbocycles. The van der Waals surface area contributed by atoms with Gasteiger partial charge in [-0.3, -0.25) is 9.89 Å². The lowest BCUT2D eigenvalue weighted by molar-refractivity contribution is 0.0527. The van der Waals surface area contributed by atoms with Crippen molar-refractivity contribution in [1.29, 1.82) is 0 Å². The molecule has 0 bridgehead atoms. The summed E-state index contributed by atoms with van der Waals surface area (Å²) in [6.07, 6.45) is 5.03. The first kappa shape index (κ1) is 24.6. The molecule has 0 atom stereocenters. The van der Waals surface area contributed by atoms with E-state index < -0.39 is 5.60 Å². The number of ether oxygens (including phenoxy) is 1. The number of hydrogen-bond acceptors (Lipinski definition) is 7. The topological polar surface area (TPSA) is 107 Å². The van der Waals surface area contributed by atoms with Gasteiger partial charge in [0.25, 0.3) is 0 Å². The van der Waals surface area contributed by atoms with Crippen LogP contribution in [0.25, 0.3) is 0 Å². The van der Waals surface area contributed by atoms with Gasteiger partial charge >= 0.3 is 6.09 Å². The van der Waals surface area contributed by atoms with Crippen molar-refractivity contribution in [2.45, 2.75) is 39.2 Å². The Morgan fingerprint density at radius 1 is 1.03 bits per heavy atom. The molecule has 2 heterocycles. The number of anilines is 1. The van der Waals surface area contributed by atoms with Crippen LogP contribution in [0.15, 0.2) is 23.5 Å². The molecular formula is C21H38N8O2. The standard InChI is InChI=1S/C21H38N8O2/c1-21(2,3)31-20(30)27-11-5-8-23-18(22-4)24-12-7-13-28-14-16-29(17-15-28)19-25-9-6-10-26-19/h6,9-10H,5,7-8,11-17H2,1-4H3,(H,27,30)(H2,22,23,24).